The number of halogens is 2. The second-order valence-corrected chi connectivity index (χ2v) is 4.83. The summed E-state index contributed by atoms with van der Waals surface area (Å²) < 4.78 is 0. The van der Waals surface area contributed by atoms with E-state index in [1.54, 1.807) is 0 Å². The predicted octanol–water partition coefficient (Wildman–Crippen LogP) is 3.59. The van der Waals surface area contributed by atoms with Gasteiger partial charge >= 0.3 is 0 Å². The van der Waals surface area contributed by atoms with Crippen LogP contribution in [0.25, 0.3) is 0 Å². The molecule has 1 heterocycles. The van der Waals surface area contributed by atoms with Gasteiger partial charge in [-0.3, -0.25) is 0 Å². The molecule has 1 N–H and O–H groups in total. The van der Waals surface area contributed by atoms with Crippen molar-refractivity contribution in [2.45, 2.75) is 25.3 Å². The molecule has 1 nitrogen and oxygen atoms in total. The third-order valence-electron chi connectivity index (χ3n) is 2.89. The fourth-order valence-electron chi connectivity index (χ4n) is 2.04. The summed E-state index contributed by atoms with van der Waals surface area (Å²) >= 11 is 12.1. The molecule has 2 rings (SSSR count). The van der Waals surface area contributed by atoms with Crippen molar-refractivity contribution in [3.05, 3.63) is 33.8 Å². The third kappa shape index (κ3) is 1.77. The van der Waals surface area contributed by atoms with E-state index in [1.165, 1.54) is 6.42 Å². The Morgan fingerprint density at radius 1 is 1.36 bits per heavy atom. The first-order valence-corrected chi connectivity index (χ1v) is 5.58. The van der Waals surface area contributed by atoms with Crippen LogP contribution in [0.5, 0.6) is 0 Å². The van der Waals surface area contributed by atoms with Crippen LogP contribution in [-0.4, -0.2) is 6.54 Å². The van der Waals surface area contributed by atoms with Gasteiger partial charge in [0.05, 0.1) is 0 Å². The maximum absolute atomic E-state index is 6.17. The summed E-state index contributed by atoms with van der Waals surface area (Å²) in [7, 11) is 0. The minimum absolute atomic E-state index is 0.00197. The molecule has 0 aliphatic carbocycles. The zero-order chi connectivity index (χ0) is 10.2. The van der Waals surface area contributed by atoms with Crippen molar-refractivity contribution in [3.8, 4) is 0 Å². The largest absolute Gasteiger partial charge is 0.308 e. The van der Waals surface area contributed by atoms with Crippen LogP contribution in [0, 0.1) is 0 Å². The first-order valence-electron chi connectivity index (χ1n) is 4.82. The second-order valence-electron chi connectivity index (χ2n) is 3.99. The van der Waals surface area contributed by atoms with E-state index >= 15 is 0 Å². The van der Waals surface area contributed by atoms with Crippen molar-refractivity contribution in [2.75, 3.05) is 6.54 Å². The van der Waals surface area contributed by atoms with Gasteiger partial charge in [0, 0.05) is 15.6 Å². The number of hydrogen-bond donors (Lipinski definition) is 1. The Morgan fingerprint density at radius 2 is 2.14 bits per heavy atom. The monoisotopic (exact) mass is 229 g/mol. The van der Waals surface area contributed by atoms with Crippen molar-refractivity contribution >= 4 is 23.2 Å². The molecule has 0 saturated carbocycles. The van der Waals surface area contributed by atoms with E-state index in [0.717, 1.165) is 28.6 Å². The quantitative estimate of drug-likeness (QED) is 0.777. The molecule has 1 aliphatic rings. The SMILES string of the molecule is CC1(c2cc(Cl)ccc2Cl)CCCN1. The standard InChI is InChI=1S/C11H13Cl2N/c1-11(5-2-6-14-11)9-7-8(12)3-4-10(9)13/h3-4,7,14H,2,5-6H2,1H3. The van der Waals surface area contributed by atoms with Gasteiger partial charge in [0.25, 0.3) is 0 Å². The maximum Gasteiger partial charge on any atom is 0.0457 e. The Hall–Kier alpha value is -0.240. The normalized spacial score (nSPS) is 26.8. The van der Waals surface area contributed by atoms with Crippen LogP contribution in [0.15, 0.2) is 18.2 Å². The Kier molecular flexibility index (Phi) is 2.74. The lowest BCUT2D eigenvalue weighted by molar-refractivity contribution is 0.435. The fraction of sp³-hybridized carbons (Fsp3) is 0.455. The van der Waals surface area contributed by atoms with Crippen LogP contribution in [0.2, 0.25) is 10.0 Å². The van der Waals surface area contributed by atoms with Crippen LogP contribution < -0.4 is 5.32 Å². The van der Waals surface area contributed by atoms with Crippen molar-refractivity contribution in [3.63, 3.8) is 0 Å². The summed E-state index contributed by atoms with van der Waals surface area (Å²) in [6, 6.07) is 5.65. The lowest BCUT2D eigenvalue weighted by Gasteiger charge is -2.26. The smallest absolute Gasteiger partial charge is 0.0457 e. The zero-order valence-electron chi connectivity index (χ0n) is 8.11. The van der Waals surface area contributed by atoms with Crippen LogP contribution in [0.4, 0.5) is 0 Å². The van der Waals surface area contributed by atoms with Crippen LogP contribution >= 0.6 is 23.2 Å². The van der Waals surface area contributed by atoms with Gasteiger partial charge in [-0.25, -0.2) is 0 Å². The van der Waals surface area contributed by atoms with Gasteiger partial charge in [0.1, 0.15) is 0 Å². The summed E-state index contributed by atoms with van der Waals surface area (Å²) in [5.41, 5.74) is 1.12. The summed E-state index contributed by atoms with van der Waals surface area (Å²) in [6.07, 6.45) is 2.31. The Bertz CT molecular complexity index is 343. The third-order valence-corrected chi connectivity index (χ3v) is 3.46. The molecule has 3 heteroatoms. The summed E-state index contributed by atoms with van der Waals surface area (Å²) in [5.74, 6) is 0. The number of hydrogen-bond acceptors (Lipinski definition) is 1. The van der Waals surface area contributed by atoms with Gasteiger partial charge in [-0.2, -0.15) is 0 Å². The van der Waals surface area contributed by atoms with Crippen LogP contribution in [0.3, 0.4) is 0 Å². The van der Waals surface area contributed by atoms with E-state index in [9.17, 15) is 0 Å². The molecule has 0 aromatic heterocycles. The molecule has 1 aliphatic heterocycles. The van der Waals surface area contributed by atoms with E-state index in [1.807, 2.05) is 18.2 Å². The highest BCUT2D eigenvalue weighted by Gasteiger charge is 2.31. The molecule has 1 fully saturated rings. The Morgan fingerprint density at radius 3 is 2.79 bits per heavy atom. The highest BCUT2D eigenvalue weighted by Crippen LogP contribution is 2.36. The van der Waals surface area contributed by atoms with Gasteiger partial charge in [-0.15, -0.1) is 0 Å². The number of benzene rings is 1. The first-order chi connectivity index (χ1) is 6.62. The van der Waals surface area contributed by atoms with E-state index in [2.05, 4.69) is 12.2 Å². The van der Waals surface area contributed by atoms with Gasteiger partial charge in [0.15, 0.2) is 0 Å². The number of rotatable bonds is 1. The molecule has 0 bridgehead atoms. The second kappa shape index (κ2) is 3.73. The van der Waals surface area contributed by atoms with E-state index in [-0.39, 0.29) is 5.54 Å². The van der Waals surface area contributed by atoms with Crippen LogP contribution in [-0.2, 0) is 5.54 Å². The van der Waals surface area contributed by atoms with Gasteiger partial charge < -0.3 is 5.32 Å². The molecule has 0 radical (unpaired) electrons. The highest BCUT2D eigenvalue weighted by molar-refractivity contribution is 6.33. The van der Waals surface area contributed by atoms with Crippen molar-refractivity contribution in [1.29, 1.82) is 0 Å². The Balaban J connectivity index is 2.44. The van der Waals surface area contributed by atoms with E-state index < -0.39 is 0 Å². The van der Waals surface area contributed by atoms with Crippen molar-refractivity contribution in [2.24, 2.45) is 0 Å². The Labute approximate surface area is 94.4 Å². The molecule has 0 spiro atoms. The topological polar surface area (TPSA) is 12.0 Å². The van der Waals surface area contributed by atoms with Gasteiger partial charge in [-0.1, -0.05) is 23.2 Å². The molecular weight excluding hydrogens is 217 g/mol. The first kappa shape index (κ1) is 10.3. The maximum atomic E-state index is 6.17. The minimum Gasteiger partial charge on any atom is -0.308 e. The lowest BCUT2D eigenvalue weighted by Crippen LogP contribution is -2.33. The molecule has 0 amide bonds. The zero-order valence-corrected chi connectivity index (χ0v) is 9.62. The molecule has 1 aromatic carbocycles. The molecule has 14 heavy (non-hydrogen) atoms. The molecule has 1 aromatic rings. The van der Waals surface area contributed by atoms with E-state index in [4.69, 9.17) is 23.2 Å². The average Bonchev–Trinajstić information content (AvgIpc) is 2.58. The van der Waals surface area contributed by atoms with Gasteiger partial charge in [0.2, 0.25) is 0 Å². The van der Waals surface area contributed by atoms with Crippen molar-refractivity contribution in [1.82, 2.24) is 5.32 Å². The van der Waals surface area contributed by atoms with Crippen molar-refractivity contribution < 1.29 is 0 Å². The van der Waals surface area contributed by atoms with Crippen LogP contribution in [0.1, 0.15) is 25.3 Å². The molecule has 1 unspecified atom stereocenters. The van der Waals surface area contributed by atoms with Gasteiger partial charge in [-0.05, 0) is 50.1 Å². The fourth-order valence-corrected chi connectivity index (χ4v) is 2.54. The molecule has 1 atom stereocenters. The summed E-state index contributed by atoms with van der Waals surface area (Å²) in [5, 5.41) is 5.02. The average molecular weight is 230 g/mol. The lowest BCUT2D eigenvalue weighted by atomic mass is 9.90. The molecule has 76 valence electrons. The molecular formula is C11H13Cl2N. The van der Waals surface area contributed by atoms with E-state index in [0.29, 0.717) is 0 Å². The minimum atomic E-state index is 0.00197. The predicted molar refractivity (Wildman–Crippen MR) is 61.1 cm³/mol. The number of nitrogens with one attached hydrogen (secondary N) is 1. The summed E-state index contributed by atoms with van der Waals surface area (Å²) in [4.78, 5) is 0. The highest BCUT2D eigenvalue weighted by atomic mass is 35.5. The molecule has 1 saturated heterocycles. The summed E-state index contributed by atoms with van der Waals surface area (Å²) in [6.45, 7) is 3.23.